The maximum absolute atomic E-state index is 4.19. The van der Waals surface area contributed by atoms with E-state index in [1.807, 2.05) is 17.9 Å². The Balaban J connectivity index is 1.59. The maximum Gasteiger partial charge on any atom is 0.0522 e. The van der Waals surface area contributed by atoms with E-state index in [0.717, 1.165) is 18.9 Å². The van der Waals surface area contributed by atoms with Crippen molar-refractivity contribution in [2.45, 2.75) is 44.9 Å². The molecule has 1 heterocycles. The average molecular weight is 235 g/mol. The second-order valence-electron chi connectivity index (χ2n) is 5.33. The Kier molecular flexibility index (Phi) is 5.05. The van der Waals surface area contributed by atoms with E-state index in [1.54, 1.807) is 0 Å². The van der Waals surface area contributed by atoms with Crippen molar-refractivity contribution in [3.8, 4) is 0 Å². The van der Waals surface area contributed by atoms with Crippen LogP contribution in [0.5, 0.6) is 0 Å². The molecule has 1 N–H and O–H groups in total. The molecule has 0 amide bonds. The highest BCUT2D eigenvalue weighted by Gasteiger charge is 2.11. The Morgan fingerprint density at radius 1 is 1.29 bits per heavy atom. The van der Waals surface area contributed by atoms with E-state index in [2.05, 4.69) is 16.6 Å². The zero-order valence-corrected chi connectivity index (χ0v) is 11.0. The van der Waals surface area contributed by atoms with Crippen LogP contribution in [0.25, 0.3) is 0 Å². The van der Waals surface area contributed by atoms with Crippen molar-refractivity contribution in [1.29, 1.82) is 0 Å². The quantitative estimate of drug-likeness (QED) is 0.628. The molecule has 1 fully saturated rings. The van der Waals surface area contributed by atoms with Gasteiger partial charge in [0.1, 0.15) is 0 Å². The molecule has 1 aliphatic carbocycles. The van der Waals surface area contributed by atoms with E-state index in [1.165, 1.54) is 50.6 Å². The molecule has 1 saturated carbocycles. The average Bonchev–Trinajstić information content (AvgIpc) is 2.59. The van der Waals surface area contributed by atoms with E-state index < -0.39 is 0 Å². The summed E-state index contributed by atoms with van der Waals surface area (Å²) >= 11 is 0. The van der Waals surface area contributed by atoms with Gasteiger partial charge in [-0.05, 0) is 43.8 Å². The smallest absolute Gasteiger partial charge is 0.0522 e. The van der Waals surface area contributed by atoms with Crippen LogP contribution in [0, 0.1) is 5.92 Å². The molecular weight excluding hydrogens is 210 g/mol. The summed E-state index contributed by atoms with van der Waals surface area (Å²) < 4.78 is 1.88. The van der Waals surface area contributed by atoms with Crippen LogP contribution < -0.4 is 5.32 Å². The highest BCUT2D eigenvalue weighted by atomic mass is 15.2. The first-order valence-electron chi connectivity index (χ1n) is 7.03. The Hall–Kier alpha value is -0.830. The topological polar surface area (TPSA) is 29.9 Å². The lowest BCUT2D eigenvalue weighted by Gasteiger charge is -2.14. The zero-order valence-electron chi connectivity index (χ0n) is 11.0. The summed E-state index contributed by atoms with van der Waals surface area (Å²) in [6.45, 7) is 2.29. The summed E-state index contributed by atoms with van der Waals surface area (Å²) in [5.41, 5.74) is 1.33. The van der Waals surface area contributed by atoms with Gasteiger partial charge in [0.25, 0.3) is 0 Å². The summed E-state index contributed by atoms with van der Waals surface area (Å²) in [7, 11) is 1.97. The van der Waals surface area contributed by atoms with Crippen LogP contribution in [0.2, 0.25) is 0 Å². The molecule has 1 aromatic rings. The molecule has 3 nitrogen and oxygen atoms in total. The fourth-order valence-corrected chi connectivity index (χ4v) is 2.71. The minimum absolute atomic E-state index is 0.923. The monoisotopic (exact) mass is 235 g/mol. The predicted molar refractivity (Wildman–Crippen MR) is 71.0 cm³/mol. The van der Waals surface area contributed by atoms with Gasteiger partial charge in [-0.2, -0.15) is 5.10 Å². The van der Waals surface area contributed by atoms with Crippen LogP contribution in [0.4, 0.5) is 0 Å². The van der Waals surface area contributed by atoms with E-state index in [4.69, 9.17) is 0 Å². The molecule has 1 aromatic heterocycles. The van der Waals surface area contributed by atoms with Gasteiger partial charge in [0, 0.05) is 13.2 Å². The van der Waals surface area contributed by atoms with Gasteiger partial charge in [-0.1, -0.05) is 25.7 Å². The molecule has 0 unspecified atom stereocenters. The molecule has 0 saturated heterocycles. The third kappa shape index (κ3) is 4.50. The molecule has 3 heteroatoms. The summed E-state index contributed by atoms with van der Waals surface area (Å²) in [6.07, 6.45) is 13.8. The second kappa shape index (κ2) is 6.80. The van der Waals surface area contributed by atoms with Crippen LogP contribution in [0.3, 0.4) is 0 Å². The molecule has 17 heavy (non-hydrogen) atoms. The summed E-state index contributed by atoms with van der Waals surface area (Å²) in [5, 5.41) is 7.79. The molecule has 96 valence electrons. The maximum atomic E-state index is 4.19. The molecule has 1 aliphatic rings. The van der Waals surface area contributed by atoms with Gasteiger partial charge < -0.3 is 5.32 Å². The fraction of sp³-hybridized carbons (Fsp3) is 0.786. The summed E-state index contributed by atoms with van der Waals surface area (Å²) in [5.74, 6) is 0.923. The third-order valence-electron chi connectivity index (χ3n) is 3.76. The van der Waals surface area contributed by atoms with Crippen LogP contribution in [-0.2, 0) is 13.5 Å². The first-order valence-corrected chi connectivity index (χ1v) is 7.03. The Labute approximate surface area is 105 Å². The lowest BCUT2D eigenvalue weighted by molar-refractivity contribution is 0.427. The molecule has 0 aliphatic heterocycles. The van der Waals surface area contributed by atoms with Gasteiger partial charge in [0.15, 0.2) is 0 Å². The first-order chi connectivity index (χ1) is 8.34. The van der Waals surface area contributed by atoms with Gasteiger partial charge in [-0.25, -0.2) is 0 Å². The van der Waals surface area contributed by atoms with Crippen molar-refractivity contribution < 1.29 is 0 Å². The van der Waals surface area contributed by atoms with Crippen molar-refractivity contribution in [3.63, 3.8) is 0 Å². The molecular formula is C14H25N3. The van der Waals surface area contributed by atoms with Crippen molar-refractivity contribution >= 4 is 0 Å². The van der Waals surface area contributed by atoms with Crippen LogP contribution >= 0.6 is 0 Å². The van der Waals surface area contributed by atoms with Crippen LogP contribution in [-0.4, -0.2) is 22.9 Å². The van der Waals surface area contributed by atoms with E-state index in [-0.39, 0.29) is 0 Å². The number of nitrogens with zero attached hydrogens (tertiary/aromatic N) is 2. The Morgan fingerprint density at radius 2 is 2.06 bits per heavy atom. The SMILES string of the molecule is Cn1cc(CCNCC2CCCCCC2)cn1. The third-order valence-corrected chi connectivity index (χ3v) is 3.76. The molecule has 0 atom stereocenters. The fourth-order valence-electron chi connectivity index (χ4n) is 2.71. The zero-order chi connectivity index (χ0) is 11.9. The Bertz CT molecular complexity index is 311. The minimum Gasteiger partial charge on any atom is -0.316 e. The second-order valence-corrected chi connectivity index (χ2v) is 5.33. The van der Waals surface area contributed by atoms with Crippen molar-refractivity contribution in [2.24, 2.45) is 13.0 Å². The normalized spacial score (nSPS) is 18.2. The first kappa shape index (κ1) is 12.6. The van der Waals surface area contributed by atoms with Crippen molar-refractivity contribution in [3.05, 3.63) is 18.0 Å². The van der Waals surface area contributed by atoms with Gasteiger partial charge in [-0.15, -0.1) is 0 Å². The number of hydrogen-bond donors (Lipinski definition) is 1. The largest absolute Gasteiger partial charge is 0.316 e. The van der Waals surface area contributed by atoms with E-state index in [0.29, 0.717) is 0 Å². The van der Waals surface area contributed by atoms with E-state index >= 15 is 0 Å². The minimum atomic E-state index is 0.923. The molecule has 2 rings (SSSR count). The number of rotatable bonds is 5. The highest BCUT2D eigenvalue weighted by molar-refractivity contribution is 5.03. The molecule has 0 bridgehead atoms. The van der Waals surface area contributed by atoms with Crippen molar-refractivity contribution in [1.82, 2.24) is 15.1 Å². The number of aromatic nitrogens is 2. The lowest BCUT2D eigenvalue weighted by atomic mass is 10.0. The number of nitrogens with one attached hydrogen (secondary N) is 1. The van der Waals surface area contributed by atoms with Gasteiger partial charge in [0.05, 0.1) is 6.20 Å². The van der Waals surface area contributed by atoms with Crippen molar-refractivity contribution in [2.75, 3.05) is 13.1 Å². The van der Waals surface area contributed by atoms with Gasteiger partial charge >= 0.3 is 0 Å². The highest BCUT2D eigenvalue weighted by Crippen LogP contribution is 2.21. The predicted octanol–water partition coefficient (Wildman–Crippen LogP) is 2.52. The Morgan fingerprint density at radius 3 is 2.71 bits per heavy atom. The summed E-state index contributed by atoms with van der Waals surface area (Å²) in [4.78, 5) is 0. The molecule has 0 radical (unpaired) electrons. The lowest BCUT2D eigenvalue weighted by Crippen LogP contribution is -2.24. The molecule has 0 spiro atoms. The van der Waals surface area contributed by atoms with Crippen LogP contribution in [0.15, 0.2) is 12.4 Å². The van der Waals surface area contributed by atoms with E-state index in [9.17, 15) is 0 Å². The number of aryl methyl sites for hydroxylation is 1. The van der Waals surface area contributed by atoms with Gasteiger partial charge in [-0.3, -0.25) is 4.68 Å². The summed E-state index contributed by atoms with van der Waals surface area (Å²) in [6, 6.07) is 0. The molecule has 0 aromatic carbocycles. The number of hydrogen-bond acceptors (Lipinski definition) is 2. The van der Waals surface area contributed by atoms with Crippen LogP contribution in [0.1, 0.15) is 44.1 Å². The van der Waals surface area contributed by atoms with Gasteiger partial charge in [0.2, 0.25) is 0 Å². The standard InChI is InChI=1S/C14H25N3/c1-17-12-14(11-16-17)8-9-15-10-13-6-4-2-3-5-7-13/h11-13,15H,2-10H2,1H3.